The molecule has 0 saturated carbocycles. The maximum Gasteiger partial charge on any atom is 0.227 e. The highest BCUT2D eigenvalue weighted by Gasteiger charge is 2.28. The van der Waals surface area contributed by atoms with Gasteiger partial charge in [0, 0.05) is 26.2 Å². The Hall–Kier alpha value is -2.51. The summed E-state index contributed by atoms with van der Waals surface area (Å²) in [6.07, 6.45) is 2.36. The molecule has 1 amide bonds. The minimum absolute atomic E-state index is 0.128. The van der Waals surface area contributed by atoms with Gasteiger partial charge in [-0.1, -0.05) is 6.92 Å². The van der Waals surface area contributed by atoms with Crippen molar-refractivity contribution in [2.75, 3.05) is 25.5 Å². The van der Waals surface area contributed by atoms with E-state index in [4.69, 9.17) is 0 Å². The second-order valence-corrected chi connectivity index (χ2v) is 6.82. The highest BCUT2D eigenvalue weighted by molar-refractivity contribution is 5.78. The maximum absolute atomic E-state index is 12.9. The number of amides is 1. The molecule has 0 bridgehead atoms. The number of fused-ring (bicyclic) bond motifs is 1. The molecular weight excluding hydrogens is 318 g/mol. The third-order valence-electron chi connectivity index (χ3n) is 4.55. The Morgan fingerprint density at radius 1 is 1.32 bits per heavy atom. The molecule has 0 saturated heterocycles. The molecule has 0 fully saturated rings. The predicted octanol–water partition coefficient (Wildman–Crippen LogP) is 0.972. The number of hydrogen-bond acceptors (Lipinski definition) is 6. The monoisotopic (exact) mass is 343 g/mol. The Morgan fingerprint density at radius 3 is 2.72 bits per heavy atom. The van der Waals surface area contributed by atoms with E-state index in [2.05, 4.69) is 20.1 Å². The van der Waals surface area contributed by atoms with Gasteiger partial charge >= 0.3 is 0 Å². The van der Waals surface area contributed by atoms with Crippen LogP contribution in [0.25, 0.3) is 0 Å². The van der Waals surface area contributed by atoms with E-state index in [9.17, 15) is 4.79 Å². The van der Waals surface area contributed by atoms with Crippen LogP contribution in [0.15, 0.2) is 6.33 Å². The molecule has 1 aliphatic heterocycles. The van der Waals surface area contributed by atoms with Crippen molar-refractivity contribution >= 4 is 11.7 Å². The average molecular weight is 343 g/mol. The first-order chi connectivity index (χ1) is 11.9. The van der Waals surface area contributed by atoms with Gasteiger partial charge in [0.25, 0.3) is 0 Å². The van der Waals surface area contributed by atoms with Crippen molar-refractivity contribution in [2.45, 2.75) is 40.3 Å². The van der Waals surface area contributed by atoms with Crippen molar-refractivity contribution < 1.29 is 4.79 Å². The predicted molar refractivity (Wildman–Crippen MR) is 94.1 cm³/mol. The highest BCUT2D eigenvalue weighted by atomic mass is 16.2. The molecule has 0 aliphatic carbocycles. The van der Waals surface area contributed by atoms with Crippen molar-refractivity contribution in [3.8, 4) is 0 Å². The van der Waals surface area contributed by atoms with E-state index in [0.717, 1.165) is 35.1 Å². The van der Waals surface area contributed by atoms with Crippen molar-refractivity contribution in [3.63, 3.8) is 0 Å². The zero-order chi connectivity index (χ0) is 18.1. The Bertz CT molecular complexity index is 783. The van der Waals surface area contributed by atoms with Crippen LogP contribution < -0.4 is 4.90 Å². The third kappa shape index (κ3) is 3.47. The van der Waals surface area contributed by atoms with Crippen LogP contribution in [0.3, 0.4) is 0 Å². The van der Waals surface area contributed by atoms with Gasteiger partial charge in [-0.25, -0.2) is 19.6 Å². The number of nitrogens with zero attached hydrogens (tertiary/aromatic N) is 7. The smallest absolute Gasteiger partial charge is 0.227 e. The van der Waals surface area contributed by atoms with Crippen LogP contribution >= 0.6 is 0 Å². The fourth-order valence-electron chi connectivity index (χ4n) is 3.29. The molecule has 134 valence electrons. The fraction of sp³-hybridized carbons (Fsp3) is 0.588. The van der Waals surface area contributed by atoms with Crippen LogP contribution in [0, 0.1) is 19.8 Å². The Kier molecular flexibility index (Phi) is 4.69. The van der Waals surface area contributed by atoms with Gasteiger partial charge in [-0.3, -0.25) is 4.79 Å². The van der Waals surface area contributed by atoms with Crippen molar-refractivity contribution in [2.24, 2.45) is 5.92 Å². The number of anilines is 1. The molecule has 1 aliphatic rings. The standard InChI is InChI=1S/C17H25N7O/c1-11(8-24-13(3)20-12(2)21-24)17(25)23-7-6-14-15(9-23)18-10-19-16(14)22(4)5/h10-11H,6-9H2,1-5H3/t11-/m0/s1. The summed E-state index contributed by atoms with van der Waals surface area (Å²) >= 11 is 0. The van der Waals surface area contributed by atoms with Gasteiger partial charge in [0.2, 0.25) is 5.91 Å². The second kappa shape index (κ2) is 6.78. The summed E-state index contributed by atoms with van der Waals surface area (Å²) in [4.78, 5) is 29.8. The molecule has 1 atom stereocenters. The molecule has 0 N–H and O–H groups in total. The SMILES string of the molecule is Cc1nc(C)n(C[C@H](C)C(=O)N2CCc3c(ncnc3N(C)C)C2)n1. The molecular formula is C17H25N7O. The fourth-order valence-corrected chi connectivity index (χ4v) is 3.29. The Labute approximate surface area is 147 Å². The molecule has 3 rings (SSSR count). The topological polar surface area (TPSA) is 80.0 Å². The molecule has 2 aromatic rings. The molecule has 3 heterocycles. The van der Waals surface area contributed by atoms with E-state index in [1.165, 1.54) is 0 Å². The van der Waals surface area contributed by atoms with Gasteiger partial charge in [0.05, 0.1) is 24.7 Å². The first-order valence-corrected chi connectivity index (χ1v) is 8.53. The van der Waals surface area contributed by atoms with E-state index in [0.29, 0.717) is 19.6 Å². The minimum atomic E-state index is -0.156. The average Bonchev–Trinajstić information content (AvgIpc) is 2.90. The summed E-state index contributed by atoms with van der Waals surface area (Å²) < 4.78 is 1.81. The summed E-state index contributed by atoms with van der Waals surface area (Å²) in [7, 11) is 3.95. The number of carbonyl (C=O) groups is 1. The van der Waals surface area contributed by atoms with Crippen LogP contribution in [0.2, 0.25) is 0 Å². The van der Waals surface area contributed by atoms with Gasteiger partial charge in [-0.2, -0.15) is 5.10 Å². The van der Waals surface area contributed by atoms with Crippen LogP contribution in [0.1, 0.15) is 29.8 Å². The number of aryl methyl sites for hydroxylation is 2. The van der Waals surface area contributed by atoms with Gasteiger partial charge in [0.1, 0.15) is 23.8 Å². The molecule has 8 nitrogen and oxygen atoms in total. The van der Waals surface area contributed by atoms with Crippen molar-refractivity contribution in [3.05, 3.63) is 29.2 Å². The van der Waals surface area contributed by atoms with Crippen LogP contribution in [0.4, 0.5) is 5.82 Å². The number of rotatable bonds is 4. The van der Waals surface area contributed by atoms with Crippen LogP contribution in [-0.2, 0) is 24.3 Å². The van der Waals surface area contributed by atoms with E-state index < -0.39 is 0 Å². The lowest BCUT2D eigenvalue weighted by Gasteiger charge is -2.31. The Morgan fingerprint density at radius 2 is 2.08 bits per heavy atom. The number of aromatic nitrogens is 5. The zero-order valence-electron chi connectivity index (χ0n) is 15.5. The molecule has 0 radical (unpaired) electrons. The van der Waals surface area contributed by atoms with Gasteiger partial charge < -0.3 is 9.80 Å². The third-order valence-corrected chi connectivity index (χ3v) is 4.55. The zero-order valence-corrected chi connectivity index (χ0v) is 15.5. The van der Waals surface area contributed by atoms with E-state index in [-0.39, 0.29) is 11.8 Å². The molecule has 2 aromatic heterocycles. The lowest BCUT2D eigenvalue weighted by molar-refractivity contribution is -0.136. The first kappa shape index (κ1) is 17.3. The minimum Gasteiger partial charge on any atom is -0.362 e. The van der Waals surface area contributed by atoms with Gasteiger partial charge in [0.15, 0.2) is 0 Å². The highest BCUT2D eigenvalue weighted by Crippen LogP contribution is 2.25. The largest absolute Gasteiger partial charge is 0.362 e. The van der Waals surface area contributed by atoms with Crippen molar-refractivity contribution in [1.82, 2.24) is 29.6 Å². The van der Waals surface area contributed by atoms with Crippen LogP contribution in [-0.4, -0.2) is 56.2 Å². The van der Waals surface area contributed by atoms with Crippen LogP contribution in [0.5, 0.6) is 0 Å². The summed E-state index contributed by atoms with van der Waals surface area (Å²) in [5, 5.41) is 4.35. The van der Waals surface area contributed by atoms with E-state index in [1.807, 2.05) is 49.3 Å². The molecule has 0 unspecified atom stereocenters. The lowest BCUT2D eigenvalue weighted by atomic mass is 10.0. The molecule has 8 heteroatoms. The second-order valence-electron chi connectivity index (χ2n) is 6.82. The summed E-state index contributed by atoms with van der Waals surface area (Å²) in [5.74, 6) is 2.49. The summed E-state index contributed by atoms with van der Waals surface area (Å²) in [6.45, 7) is 7.49. The molecule has 0 aromatic carbocycles. The lowest BCUT2D eigenvalue weighted by Crippen LogP contribution is -2.41. The summed E-state index contributed by atoms with van der Waals surface area (Å²) in [6, 6.07) is 0. The van der Waals surface area contributed by atoms with Gasteiger partial charge in [-0.15, -0.1) is 0 Å². The number of carbonyl (C=O) groups excluding carboxylic acids is 1. The van der Waals surface area contributed by atoms with E-state index in [1.54, 1.807) is 6.33 Å². The maximum atomic E-state index is 12.9. The molecule has 25 heavy (non-hydrogen) atoms. The van der Waals surface area contributed by atoms with E-state index >= 15 is 0 Å². The Balaban J connectivity index is 1.72. The van der Waals surface area contributed by atoms with Crippen molar-refractivity contribution in [1.29, 1.82) is 0 Å². The summed E-state index contributed by atoms with van der Waals surface area (Å²) in [5.41, 5.74) is 2.09. The molecule has 0 spiro atoms. The van der Waals surface area contributed by atoms with Gasteiger partial charge in [-0.05, 0) is 20.3 Å². The quantitative estimate of drug-likeness (QED) is 0.823. The number of hydrogen-bond donors (Lipinski definition) is 0. The first-order valence-electron chi connectivity index (χ1n) is 8.53. The normalized spacial score (nSPS) is 15.0.